The van der Waals surface area contributed by atoms with Crippen molar-refractivity contribution in [2.24, 2.45) is 0 Å². The second-order valence-electron chi connectivity index (χ2n) is 7.16. The van der Waals surface area contributed by atoms with Crippen LogP contribution in [0.15, 0.2) is 77.7 Å². The smallest absolute Gasteiger partial charge is 0.243 e. The van der Waals surface area contributed by atoms with Crippen LogP contribution in [0, 0.1) is 11.6 Å². The van der Waals surface area contributed by atoms with Gasteiger partial charge >= 0.3 is 0 Å². The van der Waals surface area contributed by atoms with Gasteiger partial charge in [-0.2, -0.15) is 4.31 Å². The zero-order valence-electron chi connectivity index (χ0n) is 17.2. The fourth-order valence-corrected chi connectivity index (χ4v) is 4.53. The van der Waals surface area contributed by atoms with E-state index in [2.05, 4.69) is 0 Å². The number of halogens is 3. The highest BCUT2D eigenvalue weighted by Gasteiger charge is 2.29. The lowest BCUT2D eigenvalue weighted by Crippen LogP contribution is -2.41. The summed E-state index contributed by atoms with van der Waals surface area (Å²) in [6.07, 6.45) is 0. The topological polar surface area (TPSA) is 57.7 Å². The Morgan fingerprint density at radius 2 is 1.34 bits per heavy atom. The number of carbonyl (C=O) groups excluding carboxylic acids is 1. The number of carbonyl (C=O) groups is 1. The first kappa shape index (κ1) is 23.8. The lowest BCUT2D eigenvalue weighted by Gasteiger charge is -2.25. The molecular formula is C23H21ClF2N2O3S. The van der Waals surface area contributed by atoms with E-state index in [-0.39, 0.29) is 23.5 Å². The van der Waals surface area contributed by atoms with Crippen molar-refractivity contribution in [3.63, 3.8) is 0 Å². The van der Waals surface area contributed by atoms with Crippen LogP contribution in [0.5, 0.6) is 0 Å². The van der Waals surface area contributed by atoms with Crippen molar-refractivity contribution in [2.75, 3.05) is 13.6 Å². The highest BCUT2D eigenvalue weighted by atomic mass is 35.5. The Morgan fingerprint density at radius 3 is 1.88 bits per heavy atom. The molecule has 0 radical (unpaired) electrons. The van der Waals surface area contributed by atoms with Gasteiger partial charge in [-0.25, -0.2) is 17.2 Å². The standard InChI is InChI=1S/C23H21ClF2N2O3S/c1-27(14-17-6-2-4-8-21(17)25)23(29)16-28(15-18-7-3-5-9-22(18)26)32(30,31)20-12-10-19(24)11-13-20/h2-13H,14-16H2,1H3. The Bertz CT molecular complexity index is 1200. The van der Waals surface area contributed by atoms with E-state index in [1.807, 2.05) is 0 Å². The van der Waals surface area contributed by atoms with E-state index in [1.165, 1.54) is 66.5 Å². The molecular weight excluding hydrogens is 458 g/mol. The SMILES string of the molecule is CN(Cc1ccccc1F)C(=O)CN(Cc1ccccc1F)S(=O)(=O)c1ccc(Cl)cc1. The first-order chi connectivity index (χ1) is 15.2. The van der Waals surface area contributed by atoms with Crippen molar-refractivity contribution in [2.45, 2.75) is 18.0 Å². The maximum Gasteiger partial charge on any atom is 0.243 e. The molecule has 0 aliphatic heterocycles. The summed E-state index contributed by atoms with van der Waals surface area (Å²) in [5.74, 6) is -1.62. The van der Waals surface area contributed by atoms with Crippen LogP contribution < -0.4 is 0 Å². The zero-order chi connectivity index (χ0) is 23.3. The number of benzene rings is 3. The summed E-state index contributed by atoms with van der Waals surface area (Å²) in [6.45, 7) is -0.943. The molecule has 0 unspecified atom stereocenters. The third kappa shape index (κ3) is 5.70. The second kappa shape index (κ2) is 10.2. The van der Waals surface area contributed by atoms with E-state index in [9.17, 15) is 22.0 Å². The molecule has 0 aliphatic rings. The van der Waals surface area contributed by atoms with Crippen LogP contribution in [0.1, 0.15) is 11.1 Å². The van der Waals surface area contributed by atoms with E-state index < -0.39 is 34.1 Å². The Labute approximate surface area is 190 Å². The van der Waals surface area contributed by atoms with E-state index in [0.717, 1.165) is 4.31 Å². The fourth-order valence-electron chi connectivity index (χ4n) is 3.04. The van der Waals surface area contributed by atoms with Gasteiger partial charge in [0.1, 0.15) is 11.6 Å². The molecule has 0 aromatic heterocycles. The highest BCUT2D eigenvalue weighted by Crippen LogP contribution is 2.22. The third-order valence-corrected chi connectivity index (χ3v) is 6.92. The van der Waals surface area contributed by atoms with Gasteiger partial charge in [-0.15, -0.1) is 0 Å². The number of amides is 1. The number of hydrogen-bond donors (Lipinski definition) is 0. The molecule has 0 aliphatic carbocycles. The van der Waals surface area contributed by atoms with Crippen molar-refractivity contribution in [3.8, 4) is 0 Å². The van der Waals surface area contributed by atoms with Gasteiger partial charge in [0, 0.05) is 36.3 Å². The van der Waals surface area contributed by atoms with Crippen molar-refractivity contribution in [1.29, 1.82) is 0 Å². The maximum atomic E-state index is 14.2. The van der Waals surface area contributed by atoms with Gasteiger partial charge < -0.3 is 4.90 Å². The van der Waals surface area contributed by atoms with Gasteiger partial charge in [0.2, 0.25) is 15.9 Å². The van der Waals surface area contributed by atoms with Crippen LogP contribution in [0.3, 0.4) is 0 Å². The van der Waals surface area contributed by atoms with Crippen LogP contribution >= 0.6 is 11.6 Å². The predicted molar refractivity (Wildman–Crippen MR) is 118 cm³/mol. The largest absolute Gasteiger partial charge is 0.340 e. The Kier molecular flexibility index (Phi) is 7.60. The Balaban J connectivity index is 1.88. The van der Waals surface area contributed by atoms with Gasteiger partial charge in [0.25, 0.3) is 0 Å². The molecule has 3 rings (SSSR count). The molecule has 1 amide bonds. The van der Waals surface area contributed by atoms with Crippen molar-refractivity contribution < 1.29 is 22.0 Å². The average Bonchev–Trinajstić information content (AvgIpc) is 2.76. The average molecular weight is 479 g/mol. The summed E-state index contributed by atoms with van der Waals surface area (Å²) in [5.41, 5.74) is 0.416. The number of hydrogen-bond acceptors (Lipinski definition) is 3. The van der Waals surface area contributed by atoms with Crippen LogP contribution in [0.25, 0.3) is 0 Å². The number of nitrogens with zero attached hydrogens (tertiary/aromatic N) is 2. The normalized spacial score (nSPS) is 11.5. The molecule has 3 aromatic rings. The molecule has 0 atom stereocenters. The van der Waals surface area contributed by atoms with Gasteiger partial charge in [-0.3, -0.25) is 4.79 Å². The zero-order valence-corrected chi connectivity index (χ0v) is 18.8. The summed E-state index contributed by atoms with van der Waals surface area (Å²) < 4.78 is 55.6. The van der Waals surface area contributed by atoms with Gasteiger partial charge in [0.15, 0.2) is 0 Å². The Morgan fingerprint density at radius 1 is 0.844 bits per heavy atom. The minimum absolute atomic E-state index is 0.0416. The van der Waals surface area contributed by atoms with Crippen molar-refractivity contribution in [1.82, 2.24) is 9.21 Å². The molecule has 9 heteroatoms. The summed E-state index contributed by atoms with van der Waals surface area (Å²) in [5, 5.41) is 0.352. The monoisotopic (exact) mass is 478 g/mol. The molecule has 0 N–H and O–H groups in total. The first-order valence-electron chi connectivity index (χ1n) is 9.65. The molecule has 0 saturated heterocycles. The summed E-state index contributed by atoms with van der Waals surface area (Å²) >= 11 is 5.86. The summed E-state index contributed by atoms with van der Waals surface area (Å²) in [6, 6.07) is 17.2. The van der Waals surface area contributed by atoms with Crippen LogP contribution in [0.2, 0.25) is 5.02 Å². The van der Waals surface area contributed by atoms with E-state index in [1.54, 1.807) is 18.2 Å². The third-order valence-electron chi connectivity index (χ3n) is 4.86. The molecule has 0 spiro atoms. The highest BCUT2D eigenvalue weighted by molar-refractivity contribution is 7.89. The van der Waals surface area contributed by atoms with Crippen molar-refractivity contribution in [3.05, 3.63) is 101 Å². The molecule has 0 bridgehead atoms. The first-order valence-corrected chi connectivity index (χ1v) is 11.5. The Hall–Kier alpha value is -2.81. The second-order valence-corrected chi connectivity index (χ2v) is 9.53. The predicted octanol–water partition coefficient (Wildman–Crippen LogP) is 4.47. The maximum absolute atomic E-state index is 14.2. The van der Waals surface area contributed by atoms with Crippen LogP contribution in [-0.2, 0) is 27.9 Å². The van der Waals surface area contributed by atoms with E-state index in [0.29, 0.717) is 10.6 Å². The molecule has 0 heterocycles. The molecule has 5 nitrogen and oxygen atoms in total. The fraction of sp³-hybridized carbons (Fsp3) is 0.174. The van der Waals surface area contributed by atoms with Crippen LogP contribution in [0.4, 0.5) is 8.78 Å². The minimum atomic E-state index is -4.16. The number of rotatable bonds is 8. The van der Waals surface area contributed by atoms with E-state index >= 15 is 0 Å². The quantitative estimate of drug-likeness (QED) is 0.480. The molecule has 32 heavy (non-hydrogen) atoms. The van der Waals surface area contributed by atoms with Gasteiger partial charge in [0.05, 0.1) is 11.4 Å². The van der Waals surface area contributed by atoms with Crippen molar-refractivity contribution >= 4 is 27.5 Å². The van der Waals surface area contributed by atoms with Gasteiger partial charge in [-0.1, -0.05) is 48.0 Å². The lowest BCUT2D eigenvalue weighted by atomic mass is 10.2. The number of sulfonamides is 1. The van der Waals surface area contributed by atoms with Gasteiger partial charge in [-0.05, 0) is 36.4 Å². The van der Waals surface area contributed by atoms with Crippen LogP contribution in [-0.4, -0.2) is 37.1 Å². The summed E-state index contributed by atoms with van der Waals surface area (Å²) in [7, 11) is -2.71. The molecule has 0 fully saturated rings. The lowest BCUT2D eigenvalue weighted by molar-refractivity contribution is -0.130. The molecule has 168 valence electrons. The molecule has 0 saturated carbocycles. The number of likely N-dealkylation sites (N-methyl/N-ethyl adjacent to an activating group) is 1. The summed E-state index contributed by atoms with van der Waals surface area (Å²) in [4.78, 5) is 14.0. The molecule has 3 aromatic carbocycles. The minimum Gasteiger partial charge on any atom is -0.340 e. The van der Waals surface area contributed by atoms with E-state index in [4.69, 9.17) is 11.6 Å².